The number of nitrogens with one attached hydrogen (secondary N) is 1. The molecule has 0 bridgehead atoms. The Balaban J connectivity index is 1.87. The lowest BCUT2D eigenvalue weighted by atomic mass is 9.96. The van der Waals surface area contributed by atoms with E-state index in [9.17, 15) is 0 Å². The first-order valence-corrected chi connectivity index (χ1v) is 7.53. The lowest BCUT2D eigenvalue weighted by molar-refractivity contribution is 0.134. The lowest BCUT2D eigenvalue weighted by Crippen LogP contribution is -2.29. The van der Waals surface area contributed by atoms with E-state index in [4.69, 9.17) is 33.8 Å². The number of hydrazine groups is 1. The van der Waals surface area contributed by atoms with Gasteiger partial charge in [-0.05, 0) is 34.7 Å². The van der Waals surface area contributed by atoms with E-state index >= 15 is 0 Å². The Morgan fingerprint density at radius 1 is 1.14 bits per heavy atom. The smallest absolute Gasteiger partial charge is 0.0725 e. The van der Waals surface area contributed by atoms with E-state index in [1.165, 1.54) is 11.1 Å². The largest absolute Gasteiger partial charge is 0.372 e. The maximum atomic E-state index is 6.25. The van der Waals surface area contributed by atoms with Gasteiger partial charge in [0.1, 0.15) is 0 Å². The van der Waals surface area contributed by atoms with Crippen molar-refractivity contribution in [3.05, 3.63) is 68.7 Å². The molecule has 1 atom stereocenters. The molecule has 3 nitrogen and oxygen atoms in total. The predicted octanol–water partition coefficient (Wildman–Crippen LogP) is 3.77. The molecule has 0 spiro atoms. The first-order chi connectivity index (χ1) is 10.2. The fourth-order valence-electron chi connectivity index (χ4n) is 2.61. The van der Waals surface area contributed by atoms with Crippen LogP contribution in [0.3, 0.4) is 0 Å². The average Bonchev–Trinajstić information content (AvgIpc) is 2.96. The SMILES string of the molecule is NNC(Cc1cccc(Cl)c1Cl)c1ccc2c(c1)COC2. The summed E-state index contributed by atoms with van der Waals surface area (Å²) in [4.78, 5) is 0. The Bertz CT molecular complexity index is 661. The van der Waals surface area contributed by atoms with Gasteiger partial charge in [0, 0.05) is 0 Å². The van der Waals surface area contributed by atoms with Crippen LogP contribution in [0.15, 0.2) is 36.4 Å². The number of halogens is 2. The number of hydrogen-bond acceptors (Lipinski definition) is 3. The molecule has 0 amide bonds. The lowest BCUT2D eigenvalue weighted by Gasteiger charge is -2.18. The van der Waals surface area contributed by atoms with Gasteiger partial charge in [-0.15, -0.1) is 0 Å². The standard InChI is InChI=1S/C16H16Cl2N2O/c17-14-3-1-2-11(16(14)18)7-15(20-19)10-4-5-12-8-21-9-13(12)6-10/h1-6,15,20H,7-9,19H2. The molecule has 0 radical (unpaired) electrons. The molecule has 1 unspecified atom stereocenters. The monoisotopic (exact) mass is 322 g/mol. The highest BCUT2D eigenvalue weighted by Crippen LogP contribution is 2.30. The summed E-state index contributed by atoms with van der Waals surface area (Å²) >= 11 is 12.3. The molecule has 1 aliphatic heterocycles. The van der Waals surface area contributed by atoms with Gasteiger partial charge in [-0.3, -0.25) is 11.3 Å². The summed E-state index contributed by atoms with van der Waals surface area (Å²) in [5.41, 5.74) is 7.43. The number of hydrogen-bond donors (Lipinski definition) is 2. The molecular weight excluding hydrogens is 307 g/mol. The molecule has 110 valence electrons. The molecule has 3 N–H and O–H groups in total. The Morgan fingerprint density at radius 3 is 2.76 bits per heavy atom. The van der Waals surface area contributed by atoms with Gasteiger partial charge in [0.05, 0.1) is 29.3 Å². The second kappa shape index (κ2) is 6.34. The predicted molar refractivity (Wildman–Crippen MR) is 85.2 cm³/mol. The van der Waals surface area contributed by atoms with Crippen LogP contribution >= 0.6 is 23.2 Å². The molecule has 1 aliphatic rings. The van der Waals surface area contributed by atoms with Crippen molar-refractivity contribution in [2.45, 2.75) is 25.7 Å². The number of benzene rings is 2. The van der Waals surface area contributed by atoms with E-state index in [0.29, 0.717) is 29.7 Å². The summed E-state index contributed by atoms with van der Waals surface area (Å²) in [6, 6.07) is 11.9. The Hall–Kier alpha value is -1.10. The second-order valence-corrected chi connectivity index (χ2v) is 5.94. The van der Waals surface area contributed by atoms with Crippen LogP contribution in [0.2, 0.25) is 10.0 Å². The fourth-order valence-corrected chi connectivity index (χ4v) is 3.00. The van der Waals surface area contributed by atoms with Gasteiger partial charge in [-0.25, -0.2) is 0 Å². The van der Waals surface area contributed by atoms with Gasteiger partial charge < -0.3 is 4.74 Å². The second-order valence-electron chi connectivity index (χ2n) is 5.16. The van der Waals surface area contributed by atoms with E-state index < -0.39 is 0 Å². The summed E-state index contributed by atoms with van der Waals surface area (Å²) < 4.78 is 5.45. The fraction of sp³-hybridized carbons (Fsp3) is 0.250. The third-order valence-corrected chi connectivity index (χ3v) is 4.66. The molecule has 1 heterocycles. The molecule has 21 heavy (non-hydrogen) atoms. The van der Waals surface area contributed by atoms with Crippen LogP contribution in [0.25, 0.3) is 0 Å². The van der Waals surface area contributed by atoms with Crippen LogP contribution < -0.4 is 11.3 Å². The molecule has 5 heteroatoms. The van der Waals surface area contributed by atoms with E-state index in [0.717, 1.165) is 11.1 Å². The molecular formula is C16H16Cl2N2O. The van der Waals surface area contributed by atoms with Gasteiger partial charge in [0.15, 0.2) is 0 Å². The highest BCUT2D eigenvalue weighted by Gasteiger charge is 2.17. The van der Waals surface area contributed by atoms with Crippen molar-refractivity contribution in [3.8, 4) is 0 Å². The zero-order valence-electron chi connectivity index (χ0n) is 11.4. The van der Waals surface area contributed by atoms with Gasteiger partial charge in [0.25, 0.3) is 0 Å². The molecule has 2 aromatic carbocycles. The Labute approximate surface area is 134 Å². The van der Waals surface area contributed by atoms with Crippen molar-refractivity contribution in [1.29, 1.82) is 0 Å². The van der Waals surface area contributed by atoms with Crippen molar-refractivity contribution < 1.29 is 4.74 Å². The Kier molecular flexibility index (Phi) is 4.48. The van der Waals surface area contributed by atoms with Crippen LogP contribution in [0.5, 0.6) is 0 Å². The van der Waals surface area contributed by atoms with Crippen LogP contribution in [0.1, 0.15) is 28.3 Å². The minimum atomic E-state index is -0.0214. The molecule has 2 aromatic rings. The van der Waals surface area contributed by atoms with Crippen molar-refractivity contribution >= 4 is 23.2 Å². The zero-order chi connectivity index (χ0) is 14.8. The number of fused-ring (bicyclic) bond motifs is 1. The third-order valence-electron chi connectivity index (χ3n) is 3.80. The minimum Gasteiger partial charge on any atom is -0.372 e. The maximum Gasteiger partial charge on any atom is 0.0725 e. The van der Waals surface area contributed by atoms with Gasteiger partial charge in [-0.1, -0.05) is 53.5 Å². The van der Waals surface area contributed by atoms with Gasteiger partial charge in [-0.2, -0.15) is 0 Å². The normalized spacial score (nSPS) is 15.0. The molecule has 0 saturated carbocycles. The van der Waals surface area contributed by atoms with Gasteiger partial charge in [0.2, 0.25) is 0 Å². The van der Waals surface area contributed by atoms with Gasteiger partial charge >= 0.3 is 0 Å². The summed E-state index contributed by atoms with van der Waals surface area (Å²) in [5, 5.41) is 1.15. The summed E-state index contributed by atoms with van der Waals surface area (Å²) in [6.45, 7) is 1.36. The maximum absolute atomic E-state index is 6.25. The number of nitrogens with two attached hydrogens (primary N) is 1. The third kappa shape index (κ3) is 3.07. The number of rotatable bonds is 4. The minimum absolute atomic E-state index is 0.0214. The van der Waals surface area contributed by atoms with Crippen LogP contribution in [0, 0.1) is 0 Å². The molecule has 0 fully saturated rings. The average molecular weight is 323 g/mol. The molecule has 0 saturated heterocycles. The molecule has 0 aliphatic carbocycles. The van der Waals surface area contributed by atoms with Crippen molar-refractivity contribution in [2.24, 2.45) is 5.84 Å². The van der Waals surface area contributed by atoms with Crippen molar-refractivity contribution in [2.75, 3.05) is 0 Å². The summed E-state index contributed by atoms with van der Waals surface area (Å²) in [5.74, 6) is 5.73. The van der Waals surface area contributed by atoms with Crippen LogP contribution in [0.4, 0.5) is 0 Å². The highest BCUT2D eigenvalue weighted by atomic mass is 35.5. The summed E-state index contributed by atoms with van der Waals surface area (Å²) in [7, 11) is 0. The molecule has 3 rings (SSSR count). The van der Waals surface area contributed by atoms with E-state index in [1.54, 1.807) is 6.07 Å². The number of ether oxygens (including phenoxy) is 1. The topological polar surface area (TPSA) is 47.3 Å². The van der Waals surface area contributed by atoms with Crippen molar-refractivity contribution in [1.82, 2.24) is 5.43 Å². The first kappa shape index (κ1) is 14.8. The summed E-state index contributed by atoms with van der Waals surface area (Å²) in [6.07, 6.45) is 0.676. The van der Waals surface area contributed by atoms with Crippen LogP contribution in [-0.2, 0) is 24.4 Å². The van der Waals surface area contributed by atoms with E-state index in [2.05, 4.69) is 23.6 Å². The van der Waals surface area contributed by atoms with E-state index in [1.807, 2.05) is 12.1 Å². The van der Waals surface area contributed by atoms with Crippen LogP contribution in [-0.4, -0.2) is 0 Å². The van der Waals surface area contributed by atoms with E-state index in [-0.39, 0.29) is 6.04 Å². The first-order valence-electron chi connectivity index (χ1n) is 6.77. The zero-order valence-corrected chi connectivity index (χ0v) is 12.9. The highest BCUT2D eigenvalue weighted by molar-refractivity contribution is 6.42. The quantitative estimate of drug-likeness (QED) is 0.665. The van der Waals surface area contributed by atoms with Crippen molar-refractivity contribution in [3.63, 3.8) is 0 Å². The molecule has 0 aromatic heterocycles. The Morgan fingerprint density at radius 2 is 1.95 bits per heavy atom.